The molecule has 11 atom stereocenters. The van der Waals surface area contributed by atoms with Crippen molar-refractivity contribution in [3.63, 3.8) is 0 Å². The summed E-state index contributed by atoms with van der Waals surface area (Å²) in [5, 5.41) is 12.6. The Balaban J connectivity index is 1.35. The van der Waals surface area contributed by atoms with Crippen molar-refractivity contribution < 1.29 is 38.1 Å². The second kappa shape index (κ2) is 7.31. The second-order valence-electron chi connectivity index (χ2n) is 12.6. The van der Waals surface area contributed by atoms with Crippen LogP contribution in [0.1, 0.15) is 77.2 Å². The molecule has 8 rings (SSSR count). The number of ether oxygens (including phenoxy) is 4. The van der Waals surface area contributed by atoms with Crippen molar-refractivity contribution in [3.8, 4) is 0 Å². The molecule has 200 valence electrons. The van der Waals surface area contributed by atoms with Crippen molar-refractivity contribution in [1.82, 2.24) is 0 Å². The summed E-state index contributed by atoms with van der Waals surface area (Å²) in [5.41, 5.74) is -3.25. The molecule has 0 radical (unpaired) electrons. The maximum Gasteiger partial charge on any atom is 0.335 e. The minimum Gasteiger partial charge on any atom is -0.459 e. The van der Waals surface area contributed by atoms with Crippen LogP contribution in [0.4, 0.5) is 0 Å². The van der Waals surface area contributed by atoms with Crippen LogP contribution in [0, 0.1) is 22.7 Å². The molecule has 1 N–H and O–H groups in total. The summed E-state index contributed by atoms with van der Waals surface area (Å²) in [7, 11) is 0. The van der Waals surface area contributed by atoms with E-state index in [2.05, 4.69) is 6.92 Å². The van der Waals surface area contributed by atoms with Crippen LogP contribution >= 0.6 is 0 Å². The van der Waals surface area contributed by atoms with Crippen LogP contribution in [0.5, 0.6) is 0 Å². The van der Waals surface area contributed by atoms with Gasteiger partial charge >= 0.3 is 11.6 Å². The lowest BCUT2D eigenvalue weighted by molar-refractivity contribution is -0.550. The molecule has 7 aliphatic rings. The van der Waals surface area contributed by atoms with Gasteiger partial charge < -0.3 is 33.3 Å². The van der Waals surface area contributed by atoms with Gasteiger partial charge in [0.15, 0.2) is 0 Å². The van der Waals surface area contributed by atoms with Gasteiger partial charge in [-0.1, -0.05) is 6.92 Å². The molecule has 1 spiro atoms. The predicted octanol–water partition coefficient (Wildman–Crippen LogP) is 2.82. The smallest absolute Gasteiger partial charge is 0.335 e. The average molecular weight is 515 g/mol. The Labute approximate surface area is 214 Å². The van der Waals surface area contributed by atoms with Gasteiger partial charge in [0.2, 0.25) is 0 Å². The first kappa shape index (κ1) is 24.0. The second-order valence-corrected chi connectivity index (χ2v) is 12.6. The predicted molar refractivity (Wildman–Crippen MR) is 126 cm³/mol. The molecule has 37 heavy (non-hydrogen) atoms. The molecule has 1 aromatic rings. The van der Waals surface area contributed by atoms with Gasteiger partial charge in [0.1, 0.15) is 18.0 Å². The fourth-order valence-corrected chi connectivity index (χ4v) is 9.99. The van der Waals surface area contributed by atoms with Gasteiger partial charge in [-0.3, -0.25) is 4.79 Å². The highest BCUT2D eigenvalue weighted by Crippen LogP contribution is 2.74. The zero-order chi connectivity index (χ0) is 26.0. The molecule has 0 aromatic carbocycles. The number of fused-ring (bicyclic) bond motifs is 3. The van der Waals surface area contributed by atoms with Crippen molar-refractivity contribution in [2.75, 3.05) is 0 Å². The highest BCUT2D eigenvalue weighted by atomic mass is 16.9. The number of carbonyl (C=O) groups is 2. The lowest BCUT2D eigenvalue weighted by Crippen LogP contribution is -2.84. The van der Waals surface area contributed by atoms with E-state index in [1.807, 2.05) is 0 Å². The largest absolute Gasteiger partial charge is 0.459 e. The SMILES string of the molecule is CC(=O)OC1CC2C(CCC3(C)C(c4ccc(=O)oc4)CCC23O)C2(C=O)C3CC4CC12OC(C)(O4)O3. The van der Waals surface area contributed by atoms with Crippen molar-refractivity contribution in [1.29, 1.82) is 0 Å². The molecule has 0 amide bonds. The van der Waals surface area contributed by atoms with Crippen LogP contribution in [0.25, 0.3) is 0 Å². The summed E-state index contributed by atoms with van der Waals surface area (Å²) in [4.78, 5) is 37.3. The molecule has 1 aromatic heterocycles. The number of carbonyl (C=O) groups excluding carboxylic acids is 2. The molecule has 3 aliphatic heterocycles. The first-order chi connectivity index (χ1) is 17.5. The third-order valence-corrected chi connectivity index (χ3v) is 11.3. The first-order valence-electron chi connectivity index (χ1n) is 13.5. The quantitative estimate of drug-likeness (QED) is 0.479. The number of rotatable bonds is 3. The van der Waals surface area contributed by atoms with Gasteiger partial charge in [-0.05, 0) is 61.5 Å². The van der Waals surface area contributed by atoms with E-state index in [4.69, 9.17) is 23.4 Å². The highest BCUT2D eigenvalue weighted by Gasteiger charge is 2.82. The van der Waals surface area contributed by atoms with Crippen LogP contribution in [-0.2, 0) is 28.5 Å². The van der Waals surface area contributed by atoms with E-state index in [1.54, 1.807) is 13.0 Å². The van der Waals surface area contributed by atoms with Crippen LogP contribution in [0.2, 0.25) is 0 Å². The number of hydrogen-bond acceptors (Lipinski definition) is 9. The summed E-state index contributed by atoms with van der Waals surface area (Å²) in [6.45, 7) is 5.21. The van der Waals surface area contributed by atoms with E-state index in [9.17, 15) is 19.5 Å². The fraction of sp³-hybridized carbons (Fsp3) is 0.750. The van der Waals surface area contributed by atoms with E-state index in [1.165, 1.54) is 19.3 Å². The molecule has 7 fully saturated rings. The third-order valence-electron chi connectivity index (χ3n) is 11.3. The van der Waals surface area contributed by atoms with Crippen LogP contribution in [-0.4, -0.2) is 52.8 Å². The van der Waals surface area contributed by atoms with Gasteiger partial charge in [-0.2, -0.15) is 0 Å². The Morgan fingerprint density at radius 3 is 2.62 bits per heavy atom. The van der Waals surface area contributed by atoms with Crippen LogP contribution < -0.4 is 5.63 Å². The fourth-order valence-electron chi connectivity index (χ4n) is 9.99. The molecule has 9 heteroatoms. The zero-order valence-electron chi connectivity index (χ0n) is 21.4. The lowest BCUT2D eigenvalue weighted by Gasteiger charge is -2.74. The maximum atomic E-state index is 13.4. The number of esters is 1. The van der Waals surface area contributed by atoms with Crippen molar-refractivity contribution in [3.05, 3.63) is 34.4 Å². The third kappa shape index (κ3) is 2.76. The van der Waals surface area contributed by atoms with Gasteiger partial charge in [0.05, 0.1) is 29.5 Å². The first-order valence-corrected chi connectivity index (χ1v) is 13.5. The van der Waals surface area contributed by atoms with Crippen molar-refractivity contribution in [2.45, 2.75) is 107 Å². The van der Waals surface area contributed by atoms with E-state index in [0.717, 1.165) is 18.3 Å². The van der Waals surface area contributed by atoms with E-state index < -0.39 is 51.8 Å². The van der Waals surface area contributed by atoms with Gasteiger partial charge in [0.25, 0.3) is 5.97 Å². The van der Waals surface area contributed by atoms with Gasteiger partial charge in [-0.25, -0.2) is 4.79 Å². The summed E-state index contributed by atoms with van der Waals surface area (Å²) in [5.74, 6) is -2.24. The Kier molecular flexibility index (Phi) is 4.74. The molecule has 4 heterocycles. The van der Waals surface area contributed by atoms with Crippen LogP contribution in [0.3, 0.4) is 0 Å². The number of aldehydes is 1. The Hall–Kier alpha value is -2.07. The molecule has 4 saturated carbocycles. The van der Waals surface area contributed by atoms with Crippen molar-refractivity contribution in [2.24, 2.45) is 22.7 Å². The normalized spacial score (nSPS) is 53.2. The molecular formula is C28H34O9. The molecular weight excluding hydrogens is 480 g/mol. The van der Waals surface area contributed by atoms with E-state index >= 15 is 0 Å². The minimum absolute atomic E-state index is 0.00338. The highest BCUT2D eigenvalue weighted by molar-refractivity contribution is 5.69. The summed E-state index contributed by atoms with van der Waals surface area (Å²) in [6.07, 6.45) is 5.28. The monoisotopic (exact) mass is 514 g/mol. The summed E-state index contributed by atoms with van der Waals surface area (Å²) >= 11 is 0. The van der Waals surface area contributed by atoms with Crippen molar-refractivity contribution >= 4 is 12.3 Å². The van der Waals surface area contributed by atoms with Gasteiger partial charge in [0, 0.05) is 38.2 Å². The maximum absolute atomic E-state index is 13.4. The van der Waals surface area contributed by atoms with Crippen LogP contribution in [0.15, 0.2) is 27.6 Å². The molecule has 3 saturated heterocycles. The number of hydrogen-bond donors (Lipinski definition) is 1. The Morgan fingerprint density at radius 1 is 1.14 bits per heavy atom. The average Bonchev–Trinajstić information content (AvgIpc) is 3.10. The topological polar surface area (TPSA) is 122 Å². The molecule has 9 nitrogen and oxygen atoms in total. The number of aliphatic hydroxyl groups is 1. The summed E-state index contributed by atoms with van der Waals surface area (Å²) in [6, 6.07) is 3.22. The standard InChI is InChI=1S/C28H34O9/c1-15(30)34-22-11-20-19(26(14-29)21-10-17-12-28(22,26)37-25(3,35-17)36-21)6-8-24(2)18(7-9-27(20,24)32)16-4-5-23(31)33-13-16/h4-5,13-14,17-22,32H,6-12H2,1-3H3. The van der Waals surface area contributed by atoms with E-state index in [0.29, 0.717) is 38.5 Å². The minimum atomic E-state index is -1.29. The molecule has 4 aliphatic carbocycles. The summed E-state index contributed by atoms with van der Waals surface area (Å²) < 4.78 is 30.1. The Morgan fingerprint density at radius 2 is 1.95 bits per heavy atom. The molecule has 11 unspecified atom stereocenters. The Bertz CT molecular complexity index is 1210. The molecule has 4 bridgehead atoms. The lowest BCUT2D eigenvalue weighted by atomic mass is 9.40. The van der Waals surface area contributed by atoms with Gasteiger partial charge in [-0.15, -0.1) is 0 Å². The van der Waals surface area contributed by atoms with E-state index in [-0.39, 0.29) is 23.9 Å². The zero-order valence-corrected chi connectivity index (χ0v) is 21.4.